The highest BCUT2D eigenvalue weighted by Gasteiger charge is 2.51. The van der Waals surface area contributed by atoms with Gasteiger partial charge in [-0.25, -0.2) is 0 Å². The molecule has 2 aliphatic rings. The maximum Gasteiger partial charge on any atom is 0.255 e. The summed E-state index contributed by atoms with van der Waals surface area (Å²) in [6.07, 6.45) is 3.58. The molecule has 1 atom stereocenters. The first kappa shape index (κ1) is 17.3. The van der Waals surface area contributed by atoms with Crippen LogP contribution < -0.4 is 0 Å². The molecule has 2 heterocycles. The maximum absolute atomic E-state index is 12.9. The van der Waals surface area contributed by atoms with Gasteiger partial charge in [0.25, 0.3) is 5.91 Å². The van der Waals surface area contributed by atoms with Crippen LogP contribution in [0.1, 0.15) is 23.2 Å². The molecule has 5 nitrogen and oxygen atoms in total. The van der Waals surface area contributed by atoms with Crippen LogP contribution in [0.4, 0.5) is 0 Å². The van der Waals surface area contributed by atoms with Crippen LogP contribution in [-0.4, -0.2) is 67.8 Å². The van der Waals surface area contributed by atoms with Crippen molar-refractivity contribution in [3.8, 4) is 0 Å². The Labute approximate surface area is 147 Å². The van der Waals surface area contributed by atoms with Crippen molar-refractivity contribution < 1.29 is 14.3 Å². The van der Waals surface area contributed by atoms with Gasteiger partial charge in [-0.05, 0) is 31.2 Å². The summed E-state index contributed by atoms with van der Waals surface area (Å²) in [5.74, 6) is 0.230. The van der Waals surface area contributed by atoms with Crippen LogP contribution in [0, 0.1) is 5.41 Å². The predicted octanol–water partition coefficient (Wildman–Crippen LogP) is 2.12. The van der Waals surface area contributed by atoms with E-state index in [9.17, 15) is 9.59 Å². The summed E-state index contributed by atoms with van der Waals surface area (Å²) >= 11 is 1.58. The van der Waals surface area contributed by atoms with E-state index >= 15 is 0 Å². The second-order valence-corrected chi connectivity index (χ2v) is 7.34. The summed E-state index contributed by atoms with van der Waals surface area (Å²) in [5, 5.41) is 0. The summed E-state index contributed by atoms with van der Waals surface area (Å²) in [6, 6.07) is 7.69. The van der Waals surface area contributed by atoms with Crippen molar-refractivity contribution in [2.75, 3.05) is 46.2 Å². The molecule has 1 unspecified atom stereocenters. The first-order chi connectivity index (χ1) is 11.6. The van der Waals surface area contributed by atoms with Gasteiger partial charge in [-0.3, -0.25) is 9.59 Å². The molecule has 0 N–H and O–H groups in total. The van der Waals surface area contributed by atoms with Crippen molar-refractivity contribution in [2.45, 2.75) is 17.7 Å². The largest absolute Gasteiger partial charge is 0.383 e. The molecule has 2 amide bonds. The van der Waals surface area contributed by atoms with E-state index in [1.807, 2.05) is 40.3 Å². The summed E-state index contributed by atoms with van der Waals surface area (Å²) in [5.41, 5.74) is 0.362. The minimum absolute atomic E-state index is 0.0416. The van der Waals surface area contributed by atoms with E-state index in [0.29, 0.717) is 26.2 Å². The van der Waals surface area contributed by atoms with Gasteiger partial charge in [0.05, 0.1) is 17.6 Å². The van der Waals surface area contributed by atoms with Gasteiger partial charge in [-0.2, -0.15) is 0 Å². The van der Waals surface area contributed by atoms with Crippen molar-refractivity contribution in [1.82, 2.24) is 9.80 Å². The molecule has 2 aliphatic heterocycles. The summed E-state index contributed by atoms with van der Waals surface area (Å²) in [4.78, 5) is 30.4. The van der Waals surface area contributed by atoms with E-state index in [2.05, 4.69) is 0 Å². The quantitative estimate of drug-likeness (QED) is 0.765. The van der Waals surface area contributed by atoms with Gasteiger partial charge in [0.2, 0.25) is 5.91 Å². The zero-order valence-corrected chi connectivity index (χ0v) is 15.1. The molecule has 0 aliphatic carbocycles. The van der Waals surface area contributed by atoms with Crippen LogP contribution >= 0.6 is 11.8 Å². The van der Waals surface area contributed by atoms with E-state index in [4.69, 9.17) is 4.74 Å². The molecule has 1 aromatic rings. The van der Waals surface area contributed by atoms with Crippen molar-refractivity contribution in [2.24, 2.45) is 5.41 Å². The summed E-state index contributed by atoms with van der Waals surface area (Å²) in [6.45, 7) is 3.17. The first-order valence-corrected chi connectivity index (χ1v) is 9.54. The Morgan fingerprint density at radius 1 is 1.29 bits per heavy atom. The minimum Gasteiger partial charge on any atom is -0.383 e. The van der Waals surface area contributed by atoms with Gasteiger partial charge in [0.15, 0.2) is 0 Å². The molecule has 1 aromatic carbocycles. The van der Waals surface area contributed by atoms with Crippen molar-refractivity contribution in [3.05, 3.63) is 29.8 Å². The fraction of sp³-hybridized carbons (Fsp3) is 0.556. The topological polar surface area (TPSA) is 49.9 Å². The summed E-state index contributed by atoms with van der Waals surface area (Å²) < 4.78 is 5.09. The standard InChI is InChI=1S/C18H24N2O3S/c1-23-12-11-19-9-7-18(17(19)22)8-10-20(13-18)16(21)14-5-3-4-6-15(14)24-2/h3-6H,7-13H2,1-2H3. The molecule has 0 saturated carbocycles. The number of carbonyl (C=O) groups excluding carboxylic acids is 2. The number of hydrogen-bond donors (Lipinski definition) is 0. The smallest absolute Gasteiger partial charge is 0.255 e. The molecule has 6 heteroatoms. The minimum atomic E-state index is -0.377. The second kappa shape index (κ2) is 7.15. The Hall–Kier alpha value is -1.53. The van der Waals surface area contributed by atoms with E-state index in [-0.39, 0.29) is 17.2 Å². The van der Waals surface area contributed by atoms with Gasteiger partial charge in [-0.15, -0.1) is 11.8 Å². The SMILES string of the molecule is COCCN1CCC2(CCN(C(=O)c3ccccc3SC)C2)C1=O. The average Bonchev–Trinajstić information content (AvgIpc) is 3.18. The zero-order chi connectivity index (χ0) is 17.2. The highest BCUT2D eigenvalue weighted by atomic mass is 32.2. The van der Waals surface area contributed by atoms with Crippen LogP contribution in [0.15, 0.2) is 29.2 Å². The Morgan fingerprint density at radius 3 is 2.79 bits per heavy atom. The number of amides is 2. The number of thioether (sulfide) groups is 1. The van der Waals surface area contributed by atoms with Crippen LogP contribution in [0.25, 0.3) is 0 Å². The molecular weight excluding hydrogens is 324 g/mol. The molecule has 2 fully saturated rings. The third kappa shape index (κ3) is 3.05. The monoisotopic (exact) mass is 348 g/mol. The summed E-state index contributed by atoms with van der Waals surface area (Å²) in [7, 11) is 1.65. The molecule has 0 aromatic heterocycles. The maximum atomic E-state index is 12.9. The molecule has 0 bridgehead atoms. The lowest BCUT2D eigenvalue weighted by atomic mass is 9.85. The lowest BCUT2D eigenvalue weighted by molar-refractivity contribution is -0.135. The highest BCUT2D eigenvalue weighted by Crippen LogP contribution is 2.41. The van der Waals surface area contributed by atoms with Crippen molar-refractivity contribution in [3.63, 3.8) is 0 Å². The molecule has 1 spiro atoms. The van der Waals surface area contributed by atoms with E-state index in [1.165, 1.54) is 0 Å². The van der Waals surface area contributed by atoms with Crippen LogP contribution in [0.5, 0.6) is 0 Å². The molecule has 24 heavy (non-hydrogen) atoms. The number of likely N-dealkylation sites (tertiary alicyclic amines) is 2. The number of methoxy groups -OCH3 is 1. The number of carbonyl (C=O) groups is 2. The van der Waals surface area contributed by atoms with Crippen LogP contribution in [0.3, 0.4) is 0 Å². The van der Waals surface area contributed by atoms with E-state index < -0.39 is 0 Å². The lowest BCUT2D eigenvalue weighted by Crippen LogP contribution is -2.39. The molecular formula is C18H24N2O3S. The Balaban J connectivity index is 1.71. The number of hydrogen-bond acceptors (Lipinski definition) is 4. The Bertz CT molecular complexity index is 636. The second-order valence-electron chi connectivity index (χ2n) is 6.49. The van der Waals surface area contributed by atoms with Gasteiger partial charge in [0.1, 0.15) is 0 Å². The van der Waals surface area contributed by atoms with Gasteiger partial charge in [-0.1, -0.05) is 12.1 Å². The first-order valence-electron chi connectivity index (χ1n) is 8.32. The molecule has 130 valence electrons. The van der Waals surface area contributed by atoms with E-state index in [1.54, 1.807) is 18.9 Å². The van der Waals surface area contributed by atoms with Crippen molar-refractivity contribution in [1.29, 1.82) is 0 Å². The fourth-order valence-corrected chi connectivity index (χ4v) is 4.31. The third-order valence-electron chi connectivity index (χ3n) is 5.14. The fourth-order valence-electron chi connectivity index (χ4n) is 3.72. The van der Waals surface area contributed by atoms with Gasteiger partial charge >= 0.3 is 0 Å². The predicted molar refractivity (Wildman–Crippen MR) is 94.2 cm³/mol. The van der Waals surface area contributed by atoms with Crippen molar-refractivity contribution >= 4 is 23.6 Å². The lowest BCUT2D eigenvalue weighted by Gasteiger charge is -2.24. The van der Waals surface area contributed by atoms with Crippen LogP contribution in [-0.2, 0) is 9.53 Å². The van der Waals surface area contributed by atoms with Crippen LogP contribution in [0.2, 0.25) is 0 Å². The normalized spacial score (nSPS) is 23.5. The Morgan fingerprint density at radius 2 is 2.04 bits per heavy atom. The molecule has 2 saturated heterocycles. The van der Waals surface area contributed by atoms with Gasteiger partial charge in [0, 0.05) is 38.2 Å². The van der Waals surface area contributed by atoms with E-state index in [0.717, 1.165) is 29.8 Å². The van der Waals surface area contributed by atoms with Gasteiger partial charge < -0.3 is 14.5 Å². The zero-order valence-electron chi connectivity index (χ0n) is 14.3. The number of ether oxygens (including phenoxy) is 1. The number of rotatable bonds is 5. The Kier molecular flexibility index (Phi) is 5.15. The highest BCUT2D eigenvalue weighted by molar-refractivity contribution is 7.98. The third-order valence-corrected chi connectivity index (χ3v) is 5.94. The molecule has 0 radical (unpaired) electrons. The number of benzene rings is 1. The average molecular weight is 348 g/mol. The molecule has 3 rings (SSSR count). The number of nitrogens with zero attached hydrogens (tertiary/aromatic N) is 2.